The van der Waals surface area contributed by atoms with Gasteiger partial charge in [0.2, 0.25) is 10.0 Å². The molecule has 0 fully saturated rings. The number of nitrogen functional groups attached to an aromatic ring is 1. The molecule has 18 heavy (non-hydrogen) atoms. The minimum atomic E-state index is -3.74. The molecule has 1 aromatic carbocycles. The van der Waals surface area contributed by atoms with Gasteiger partial charge in [-0.25, -0.2) is 17.5 Å². The van der Waals surface area contributed by atoms with E-state index in [9.17, 15) is 13.2 Å². The third-order valence-corrected chi connectivity index (χ3v) is 4.52. The van der Waals surface area contributed by atoms with E-state index < -0.39 is 16.0 Å². The molecule has 0 atom stereocenters. The minimum absolute atomic E-state index is 0.0213. The van der Waals surface area contributed by atoms with Crippen LogP contribution < -0.4 is 5.73 Å². The zero-order valence-corrected chi connectivity index (χ0v) is 11.3. The normalized spacial score (nSPS) is 11.6. The number of nitrogens with two attached hydrogens (primary N) is 1. The molecule has 0 saturated carbocycles. The molecule has 1 aromatic rings. The summed E-state index contributed by atoms with van der Waals surface area (Å²) in [5, 5.41) is 0. The monoisotopic (exact) mass is 272 g/mol. The first-order valence-electron chi connectivity index (χ1n) is 5.28. The molecule has 0 aromatic heterocycles. The molecule has 0 bridgehead atoms. The van der Waals surface area contributed by atoms with Crippen molar-refractivity contribution in [1.82, 2.24) is 4.31 Å². The fourth-order valence-electron chi connectivity index (χ4n) is 1.37. The molecule has 0 radical (unpaired) electrons. The first kappa shape index (κ1) is 14.5. The number of hydrogen-bond donors (Lipinski definition) is 1. The molecule has 0 amide bonds. The highest BCUT2D eigenvalue weighted by Crippen LogP contribution is 2.22. The third kappa shape index (κ3) is 2.62. The zero-order valence-electron chi connectivity index (χ0n) is 10.5. The molecule has 6 nitrogen and oxygen atoms in total. The zero-order chi connectivity index (χ0) is 13.9. The predicted molar refractivity (Wildman–Crippen MR) is 67.7 cm³/mol. The summed E-state index contributed by atoms with van der Waals surface area (Å²) in [6, 6.07) is 4.06. The van der Waals surface area contributed by atoms with Gasteiger partial charge >= 0.3 is 5.97 Å². The van der Waals surface area contributed by atoms with Gasteiger partial charge in [-0.1, -0.05) is 6.92 Å². The van der Waals surface area contributed by atoms with E-state index in [0.717, 1.165) is 4.31 Å². The number of nitrogens with zero attached hydrogens (tertiary/aromatic N) is 1. The third-order valence-electron chi connectivity index (χ3n) is 2.54. The van der Waals surface area contributed by atoms with Crippen LogP contribution in [0.2, 0.25) is 0 Å². The fourth-order valence-corrected chi connectivity index (χ4v) is 2.76. The molecule has 100 valence electrons. The quantitative estimate of drug-likeness (QED) is 0.643. The van der Waals surface area contributed by atoms with Gasteiger partial charge in [-0.05, 0) is 18.2 Å². The number of ether oxygens (including phenoxy) is 1. The highest BCUT2D eigenvalue weighted by molar-refractivity contribution is 7.89. The van der Waals surface area contributed by atoms with E-state index in [1.165, 1.54) is 32.4 Å². The maximum atomic E-state index is 12.2. The van der Waals surface area contributed by atoms with Crippen molar-refractivity contribution in [2.24, 2.45) is 0 Å². The number of anilines is 1. The molecule has 1 rings (SSSR count). The number of sulfonamides is 1. The van der Waals surface area contributed by atoms with Gasteiger partial charge in [0.05, 0.1) is 17.6 Å². The second-order valence-corrected chi connectivity index (χ2v) is 5.68. The van der Waals surface area contributed by atoms with Crippen molar-refractivity contribution in [3.63, 3.8) is 0 Å². The smallest absolute Gasteiger partial charge is 0.339 e. The topological polar surface area (TPSA) is 89.7 Å². The van der Waals surface area contributed by atoms with Gasteiger partial charge in [0.1, 0.15) is 0 Å². The van der Waals surface area contributed by atoms with Gasteiger partial charge in [-0.15, -0.1) is 0 Å². The van der Waals surface area contributed by atoms with E-state index in [2.05, 4.69) is 4.74 Å². The van der Waals surface area contributed by atoms with E-state index >= 15 is 0 Å². The summed E-state index contributed by atoms with van der Waals surface area (Å²) in [5.41, 5.74) is 5.82. The molecule has 0 unspecified atom stereocenters. The molecule has 2 N–H and O–H groups in total. The van der Waals surface area contributed by atoms with Crippen LogP contribution in [-0.4, -0.2) is 39.4 Å². The summed E-state index contributed by atoms with van der Waals surface area (Å²) in [6.07, 6.45) is 0. The lowest BCUT2D eigenvalue weighted by atomic mass is 10.2. The summed E-state index contributed by atoms with van der Waals surface area (Å²) in [6.45, 7) is 1.99. The van der Waals surface area contributed by atoms with Crippen molar-refractivity contribution in [3.8, 4) is 0 Å². The molecule has 0 aliphatic rings. The van der Waals surface area contributed by atoms with E-state index in [4.69, 9.17) is 5.73 Å². The lowest BCUT2D eigenvalue weighted by molar-refractivity contribution is 0.0596. The molecule has 0 saturated heterocycles. The Bertz CT molecular complexity index is 554. The van der Waals surface area contributed by atoms with E-state index in [-0.39, 0.29) is 22.7 Å². The number of rotatable bonds is 4. The van der Waals surface area contributed by atoms with Crippen LogP contribution >= 0.6 is 0 Å². The number of benzene rings is 1. The molecule has 0 aliphatic carbocycles. The number of hydrogen-bond acceptors (Lipinski definition) is 5. The Kier molecular flexibility index (Phi) is 4.31. The van der Waals surface area contributed by atoms with Crippen molar-refractivity contribution in [3.05, 3.63) is 23.8 Å². The van der Waals surface area contributed by atoms with Crippen molar-refractivity contribution >= 4 is 21.7 Å². The van der Waals surface area contributed by atoms with Crippen LogP contribution in [0.15, 0.2) is 23.1 Å². The summed E-state index contributed by atoms with van der Waals surface area (Å²) >= 11 is 0. The standard InChI is InChI=1S/C11H16N2O4S/c1-4-13(2)18(15,16)10-7-8(12)5-6-9(10)11(14)17-3/h5-7H,4,12H2,1-3H3. The number of methoxy groups -OCH3 is 1. The maximum Gasteiger partial charge on any atom is 0.339 e. The summed E-state index contributed by atoms with van der Waals surface area (Å²) in [5.74, 6) is -0.710. The average molecular weight is 272 g/mol. The number of carbonyl (C=O) groups excluding carboxylic acids is 1. The molecular formula is C11H16N2O4S. The summed E-state index contributed by atoms with van der Waals surface area (Å²) in [4.78, 5) is 11.4. The first-order valence-corrected chi connectivity index (χ1v) is 6.72. The Morgan fingerprint density at radius 2 is 2.06 bits per heavy atom. The maximum absolute atomic E-state index is 12.2. The Morgan fingerprint density at radius 3 is 2.56 bits per heavy atom. The molecule has 7 heteroatoms. The SMILES string of the molecule is CCN(C)S(=O)(=O)c1cc(N)ccc1C(=O)OC. The van der Waals surface area contributed by atoms with Gasteiger partial charge in [-0.2, -0.15) is 0 Å². The van der Waals surface area contributed by atoms with E-state index in [1.54, 1.807) is 6.92 Å². The minimum Gasteiger partial charge on any atom is -0.465 e. The van der Waals surface area contributed by atoms with Crippen LogP contribution in [0.5, 0.6) is 0 Å². The molecular weight excluding hydrogens is 256 g/mol. The highest BCUT2D eigenvalue weighted by Gasteiger charge is 2.26. The van der Waals surface area contributed by atoms with Gasteiger partial charge in [0, 0.05) is 19.3 Å². The van der Waals surface area contributed by atoms with Crippen LogP contribution in [0.25, 0.3) is 0 Å². The second kappa shape index (κ2) is 5.36. The molecule has 0 spiro atoms. The van der Waals surface area contributed by atoms with Crippen molar-refractivity contribution in [2.75, 3.05) is 26.4 Å². The Morgan fingerprint density at radius 1 is 1.44 bits per heavy atom. The number of carbonyl (C=O) groups is 1. The lowest BCUT2D eigenvalue weighted by Crippen LogP contribution is -2.28. The van der Waals surface area contributed by atoms with E-state index in [1.807, 2.05) is 0 Å². The first-order chi connectivity index (χ1) is 8.34. The largest absolute Gasteiger partial charge is 0.465 e. The average Bonchev–Trinajstić information content (AvgIpc) is 2.36. The fraction of sp³-hybridized carbons (Fsp3) is 0.364. The number of esters is 1. The van der Waals surface area contributed by atoms with Gasteiger partial charge < -0.3 is 10.5 Å². The van der Waals surface area contributed by atoms with Gasteiger partial charge in [0.15, 0.2) is 0 Å². The lowest BCUT2D eigenvalue weighted by Gasteiger charge is -2.17. The summed E-state index contributed by atoms with van der Waals surface area (Å²) < 4.78 is 30.1. The van der Waals surface area contributed by atoms with Crippen LogP contribution in [0.3, 0.4) is 0 Å². The second-order valence-electron chi connectivity index (χ2n) is 3.67. The Hall–Kier alpha value is -1.60. The van der Waals surface area contributed by atoms with Crippen LogP contribution in [-0.2, 0) is 14.8 Å². The van der Waals surface area contributed by atoms with E-state index in [0.29, 0.717) is 0 Å². The van der Waals surface area contributed by atoms with Crippen molar-refractivity contribution in [1.29, 1.82) is 0 Å². The van der Waals surface area contributed by atoms with Crippen molar-refractivity contribution < 1.29 is 17.9 Å². The van der Waals surface area contributed by atoms with Crippen molar-refractivity contribution in [2.45, 2.75) is 11.8 Å². The van der Waals surface area contributed by atoms with Gasteiger partial charge in [0.25, 0.3) is 0 Å². The van der Waals surface area contributed by atoms with Crippen LogP contribution in [0.4, 0.5) is 5.69 Å². The predicted octanol–water partition coefficient (Wildman–Crippen LogP) is 0.696. The highest BCUT2D eigenvalue weighted by atomic mass is 32.2. The summed E-state index contributed by atoms with van der Waals surface area (Å²) in [7, 11) is -1.12. The molecule has 0 aliphatic heterocycles. The van der Waals surface area contributed by atoms with Crippen LogP contribution in [0, 0.1) is 0 Å². The Balaban J connectivity index is 3.48. The van der Waals surface area contributed by atoms with Crippen LogP contribution in [0.1, 0.15) is 17.3 Å². The van der Waals surface area contributed by atoms with Gasteiger partial charge in [-0.3, -0.25) is 0 Å². The molecule has 0 heterocycles. The Labute approximate surface area is 106 Å².